The molecule has 0 aliphatic carbocycles. The molecule has 0 bridgehead atoms. The highest BCUT2D eigenvalue weighted by Gasteiger charge is 2.40. The summed E-state index contributed by atoms with van der Waals surface area (Å²) in [4.78, 5) is 0. The van der Waals surface area contributed by atoms with Crippen molar-refractivity contribution in [2.75, 3.05) is 0 Å². The second-order valence-corrected chi connectivity index (χ2v) is 1.63. The third-order valence-electron chi connectivity index (χ3n) is 0.714. The first kappa shape index (κ1) is 5.16. The summed E-state index contributed by atoms with van der Waals surface area (Å²) in [6.07, 6.45) is 1.56. The van der Waals surface area contributed by atoms with Crippen molar-refractivity contribution >= 4 is 19.1 Å². The normalized spacial score (nSPS) is 38.6. The van der Waals surface area contributed by atoms with Crippen molar-refractivity contribution < 1.29 is 4.65 Å². The summed E-state index contributed by atoms with van der Waals surface area (Å²) in [6.45, 7) is 0. The Morgan fingerprint density at radius 1 is 1.86 bits per heavy atom. The van der Waals surface area contributed by atoms with Gasteiger partial charge in [-0.3, -0.25) is 0 Å². The van der Waals surface area contributed by atoms with Gasteiger partial charge in [-0.15, -0.1) is 0 Å². The molecular weight excluding hydrogens is 112 g/mol. The zero-order chi connectivity index (χ0) is 5.33. The molecule has 7 heavy (non-hydrogen) atoms. The van der Waals surface area contributed by atoms with E-state index in [1.54, 1.807) is 6.08 Å². The number of rotatable bonds is 1. The molecule has 1 rings (SSSR count). The van der Waals surface area contributed by atoms with Crippen LogP contribution in [0.2, 0.25) is 0 Å². The van der Waals surface area contributed by atoms with E-state index < -0.39 is 5.62 Å². The van der Waals surface area contributed by atoms with E-state index in [-0.39, 0.29) is 0 Å². The van der Waals surface area contributed by atoms with Crippen LogP contribution in [0.15, 0.2) is 11.6 Å². The van der Waals surface area contributed by atoms with Gasteiger partial charge in [-0.1, -0.05) is 11.6 Å². The summed E-state index contributed by atoms with van der Waals surface area (Å²) in [5, 5.41) is 0. The van der Waals surface area contributed by atoms with E-state index in [2.05, 4.69) is 4.65 Å². The van der Waals surface area contributed by atoms with E-state index >= 15 is 0 Å². The first-order valence-electron chi connectivity index (χ1n) is 1.86. The lowest BCUT2D eigenvalue weighted by Crippen LogP contribution is -2.20. The molecule has 2 N–H and O–H groups in total. The average Bonchev–Trinajstić information content (AvgIpc) is 2.22. The molecule has 1 saturated heterocycles. The van der Waals surface area contributed by atoms with Crippen LogP contribution < -0.4 is 5.73 Å². The van der Waals surface area contributed by atoms with Gasteiger partial charge < -0.3 is 10.4 Å². The Hall–Kier alpha value is 0.0149. The van der Waals surface area contributed by atoms with Crippen LogP contribution in [0.1, 0.15) is 0 Å². The molecule has 0 aromatic carbocycles. The van der Waals surface area contributed by atoms with Crippen molar-refractivity contribution in [1.82, 2.24) is 0 Å². The molecule has 1 unspecified atom stereocenters. The Morgan fingerprint density at radius 3 is 2.57 bits per heavy atom. The summed E-state index contributed by atoms with van der Waals surface area (Å²) in [5.74, 6) is 0. The first-order chi connectivity index (χ1) is 3.27. The Labute approximate surface area is 47.6 Å². The van der Waals surface area contributed by atoms with Gasteiger partial charge in [0.15, 0.2) is 0 Å². The lowest BCUT2D eigenvalue weighted by Gasteiger charge is -1.91. The third kappa shape index (κ3) is 1.19. The van der Waals surface area contributed by atoms with E-state index in [0.717, 1.165) is 0 Å². The van der Waals surface area contributed by atoms with Crippen molar-refractivity contribution in [1.29, 1.82) is 0 Å². The second kappa shape index (κ2) is 1.51. The van der Waals surface area contributed by atoms with Gasteiger partial charge in [0.2, 0.25) is 0 Å². The SMILES string of the molecule is NC1(/C=C/Cl)[B]O1. The number of hydrogen-bond acceptors (Lipinski definition) is 2. The van der Waals surface area contributed by atoms with E-state index in [4.69, 9.17) is 17.3 Å². The molecule has 1 heterocycles. The summed E-state index contributed by atoms with van der Waals surface area (Å²) in [6, 6.07) is 0. The molecule has 1 aliphatic rings. The van der Waals surface area contributed by atoms with Crippen molar-refractivity contribution in [2.45, 2.75) is 5.62 Å². The minimum atomic E-state index is -0.637. The fourth-order valence-electron chi connectivity index (χ4n) is 0.245. The Morgan fingerprint density at radius 2 is 2.43 bits per heavy atom. The molecule has 2 nitrogen and oxygen atoms in total. The van der Waals surface area contributed by atoms with Crippen molar-refractivity contribution in [3.8, 4) is 0 Å². The summed E-state index contributed by atoms with van der Waals surface area (Å²) in [7, 11) is 1.51. The van der Waals surface area contributed by atoms with Gasteiger partial charge in [0.1, 0.15) is 5.62 Å². The summed E-state index contributed by atoms with van der Waals surface area (Å²) >= 11 is 5.17. The lowest BCUT2D eigenvalue weighted by molar-refractivity contribution is 0.386. The fourth-order valence-corrected chi connectivity index (χ4v) is 0.442. The molecular formula is C3H4BClNO. The van der Waals surface area contributed by atoms with Crippen LogP contribution in [0.5, 0.6) is 0 Å². The van der Waals surface area contributed by atoms with Gasteiger partial charge in [0.05, 0.1) is 0 Å². The second-order valence-electron chi connectivity index (χ2n) is 1.38. The molecule has 37 valence electrons. The fraction of sp³-hybridized carbons (Fsp3) is 0.333. The van der Waals surface area contributed by atoms with Crippen molar-refractivity contribution in [3.05, 3.63) is 11.6 Å². The highest BCUT2D eigenvalue weighted by molar-refractivity contribution is 6.43. The summed E-state index contributed by atoms with van der Waals surface area (Å²) < 4.78 is 4.62. The minimum Gasteiger partial charge on any atom is -0.419 e. The van der Waals surface area contributed by atoms with Gasteiger partial charge in [0.25, 0.3) is 0 Å². The number of nitrogens with two attached hydrogens (primary N) is 1. The monoisotopic (exact) mass is 116 g/mol. The Bertz CT molecular complexity index is 101. The average molecular weight is 116 g/mol. The van der Waals surface area contributed by atoms with E-state index in [1.165, 1.54) is 13.0 Å². The molecule has 1 radical (unpaired) electrons. The zero-order valence-electron chi connectivity index (χ0n) is 3.60. The van der Waals surface area contributed by atoms with Crippen LogP contribution in [0.25, 0.3) is 0 Å². The quantitative estimate of drug-likeness (QED) is 0.387. The van der Waals surface area contributed by atoms with Gasteiger partial charge in [-0.05, 0) is 6.08 Å². The van der Waals surface area contributed by atoms with Crippen LogP contribution in [0.4, 0.5) is 0 Å². The molecule has 1 fully saturated rings. The van der Waals surface area contributed by atoms with Crippen LogP contribution in [0.3, 0.4) is 0 Å². The maximum atomic E-state index is 5.31. The molecule has 0 aromatic rings. The predicted molar refractivity (Wildman–Crippen MR) is 28.8 cm³/mol. The highest BCUT2D eigenvalue weighted by atomic mass is 35.5. The zero-order valence-corrected chi connectivity index (χ0v) is 4.35. The molecule has 4 heteroatoms. The standard InChI is InChI=1S/C3H4BClNO/c5-2-1-3(6)4-7-3/h1-2H,6H2/b2-1+. The van der Waals surface area contributed by atoms with Crippen LogP contribution >= 0.6 is 11.6 Å². The maximum absolute atomic E-state index is 5.31. The topological polar surface area (TPSA) is 38.5 Å². The van der Waals surface area contributed by atoms with E-state index in [9.17, 15) is 0 Å². The maximum Gasteiger partial charge on any atom is 0.353 e. The van der Waals surface area contributed by atoms with Crippen LogP contribution in [-0.4, -0.2) is 13.1 Å². The first-order valence-corrected chi connectivity index (χ1v) is 2.29. The predicted octanol–water partition coefficient (Wildman–Crippen LogP) is 0.000800. The minimum absolute atomic E-state index is 0.637. The lowest BCUT2D eigenvalue weighted by atomic mass is 9.98. The molecule has 0 aromatic heterocycles. The molecule has 0 spiro atoms. The molecule has 0 amide bonds. The van der Waals surface area contributed by atoms with E-state index in [0.29, 0.717) is 0 Å². The number of hydrogen-bond donors (Lipinski definition) is 1. The largest absolute Gasteiger partial charge is 0.419 e. The smallest absolute Gasteiger partial charge is 0.353 e. The van der Waals surface area contributed by atoms with Gasteiger partial charge >= 0.3 is 7.48 Å². The molecule has 1 aliphatic heterocycles. The van der Waals surface area contributed by atoms with Crippen LogP contribution in [0, 0.1) is 0 Å². The highest BCUT2D eigenvalue weighted by Crippen LogP contribution is 2.17. The Kier molecular flexibility index (Phi) is 1.11. The van der Waals surface area contributed by atoms with Crippen LogP contribution in [-0.2, 0) is 4.65 Å². The van der Waals surface area contributed by atoms with Gasteiger partial charge in [0, 0.05) is 5.54 Å². The Balaban J connectivity index is 2.40. The number of halogens is 1. The molecule has 1 atom stereocenters. The van der Waals surface area contributed by atoms with Gasteiger partial charge in [-0.2, -0.15) is 0 Å². The van der Waals surface area contributed by atoms with E-state index in [1.807, 2.05) is 0 Å². The molecule has 0 saturated carbocycles. The van der Waals surface area contributed by atoms with Crippen molar-refractivity contribution in [3.63, 3.8) is 0 Å². The van der Waals surface area contributed by atoms with Crippen molar-refractivity contribution in [2.24, 2.45) is 5.73 Å². The van der Waals surface area contributed by atoms with Gasteiger partial charge in [-0.25, -0.2) is 0 Å². The third-order valence-corrected chi connectivity index (χ3v) is 0.839. The summed E-state index contributed by atoms with van der Waals surface area (Å²) in [5.41, 5.74) is 6.01.